The molecule has 2 N–H and O–H groups in total. The number of anilines is 2. The van der Waals surface area contributed by atoms with E-state index in [1.165, 1.54) is 0 Å². The van der Waals surface area contributed by atoms with Gasteiger partial charge >= 0.3 is 0 Å². The molecule has 7 nitrogen and oxygen atoms in total. The Balaban J connectivity index is 1.64. The van der Waals surface area contributed by atoms with Crippen molar-refractivity contribution in [2.24, 2.45) is 0 Å². The SMILES string of the molecule is Cc1cnc(CNc2nccc(N3CCCC(O)C3)n2)cn1. The maximum Gasteiger partial charge on any atom is 0.224 e. The highest BCUT2D eigenvalue weighted by molar-refractivity contribution is 5.43. The van der Waals surface area contributed by atoms with E-state index in [-0.39, 0.29) is 6.10 Å². The summed E-state index contributed by atoms with van der Waals surface area (Å²) in [7, 11) is 0. The number of aliphatic hydroxyl groups is 1. The van der Waals surface area contributed by atoms with E-state index >= 15 is 0 Å². The van der Waals surface area contributed by atoms with Crippen molar-refractivity contribution >= 4 is 11.8 Å². The zero-order valence-corrected chi connectivity index (χ0v) is 12.6. The van der Waals surface area contributed by atoms with Crippen LogP contribution in [0, 0.1) is 6.92 Å². The van der Waals surface area contributed by atoms with Crippen molar-refractivity contribution in [2.45, 2.75) is 32.4 Å². The number of nitrogens with zero attached hydrogens (tertiary/aromatic N) is 5. The Morgan fingerprint density at radius 3 is 3.00 bits per heavy atom. The van der Waals surface area contributed by atoms with Gasteiger partial charge in [-0.15, -0.1) is 0 Å². The molecule has 22 heavy (non-hydrogen) atoms. The molecule has 0 amide bonds. The summed E-state index contributed by atoms with van der Waals surface area (Å²) >= 11 is 0. The molecule has 116 valence electrons. The van der Waals surface area contributed by atoms with Crippen molar-refractivity contribution < 1.29 is 5.11 Å². The van der Waals surface area contributed by atoms with Crippen molar-refractivity contribution in [1.29, 1.82) is 0 Å². The van der Waals surface area contributed by atoms with Gasteiger partial charge in [0.25, 0.3) is 0 Å². The summed E-state index contributed by atoms with van der Waals surface area (Å²) in [6, 6.07) is 1.87. The van der Waals surface area contributed by atoms with E-state index in [4.69, 9.17) is 0 Å². The van der Waals surface area contributed by atoms with Gasteiger partial charge in [0.1, 0.15) is 5.82 Å². The summed E-state index contributed by atoms with van der Waals surface area (Å²) in [5.41, 5.74) is 1.73. The van der Waals surface area contributed by atoms with Gasteiger partial charge in [-0.05, 0) is 25.8 Å². The van der Waals surface area contributed by atoms with Crippen molar-refractivity contribution in [3.63, 3.8) is 0 Å². The number of β-amino-alcohol motifs (C(OH)–C–C–N with tert-alkyl or cyclic N) is 1. The number of aliphatic hydroxyl groups excluding tert-OH is 1. The van der Waals surface area contributed by atoms with Crippen LogP contribution in [0.25, 0.3) is 0 Å². The Kier molecular flexibility index (Phi) is 4.43. The van der Waals surface area contributed by atoms with Gasteiger partial charge in [0.05, 0.1) is 30.2 Å². The Hall–Kier alpha value is -2.28. The molecule has 1 saturated heterocycles. The minimum absolute atomic E-state index is 0.275. The van der Waals surface area contributed by atoms with Crippen LogP contribution in [-0.4, -0.2) is 44.2 Å². The smallest absolute Gasteiger partial charge is 0.224 e. The fourth-order valence-electron chi connectivity index (χ4n) is 2.45. The number of piperidine rings is 1. The molecule has 0 spiro atoms. The van der Waals surface area contributed by atoms with Gasteiger partial charge in [-0.3, -0.25) is 9.97 Å². The molecular weight excluding hydrogens is 280 g/mol. The fourth-order valence-corrected chi connectivity index (χ4v) is 2.45. The first-order chi connectivity index (χ1) is 10.7. The third-order valence-corrected chi connectivity index (χ3v) is 3.62. The van der Waals surface area contributed by atoms with Gasteiger partial charge in [-0.25, -0.2) is 4.98 Å². The summed E-state index contributed by atoms with van der Waals surface area (Å²) < 4.78 is 0. The normalized spacial score (nSPS) is 18.3. The van der Waals surface area contributed by atoms with Crippen LogP contribution >= 0.6 is 0 Å². The first kappa shape index (κ1) is 14.6. The molecule has 2 aromatic heterocycles. The van der Waals surface area contributed by atoms with Crippen molar-refractivity contribution in [3.05, 3.63) is 36.0 Å². The average Bonchev–Trinajstić information content (AvgIpc) is 2.55. The molecule has 1 fully saturated rings. The summed E-state index contributed by atoms with van der Waals surface area (Å²) in [6.45, 7) is 3.97. The highest BCUT2D eigenvalue weighted by Crippen LogP contribution is 2.18. The molecule has 0 bridgehead atoms. The van der Waals surface area contributed by atoms with Gasteiger partial charge in [-0.1, -0.05) is 0 Å². The lowest BCUT2D eigenvalue weighted by Gasteiger charge is -2.31. The third-order valence-electron chi connectivity index (χ3n) is 3.62. The minimum atomic E-state index is -0.275. The second kappa shape index (κ2) is 6.65. The lowest BCUT2D eigenvalue weighted by Crippen LogP contribution is -2.38. The van der Waals surface area contributed by atoms with E-state index in [2.05, 4.69) is 30.2 Å². The molecule has 3 rings (SSSR count). The minimum Gasteiger partial charge on any atom is -0.391 e. The standard InChI is InChI=1S/C15H20N6O/c1-11-7-18-12(8-17-11)9-19-15-16-5-4-14(20-15)21-6-2-3-13(22)10-21/h4-5,7-8,13,22H,2-3,6,9-10H2,1H3,(H,16,19,20). The number of aryl methyl sites for hydroxylation is 1. The second-order valence-corrected chi connectivity index (χ2v) is 5.48. The molecule has 0 aliphatic carbocycles. The highest BCUT2D eigenvalue weighted by Gasteiger charge is 2.19. The molecule has 0 radical (unpaired) electrons. The Bertz CT molecular complexity index is 618. The van der Waals surface area contributed by atoms with Gasteiger partial charge in [0, 0.05) is 25.5 Å². The molecule has 0 saturated carbocycles. The predicted octanol–water partition coefficient (Wildman–Crippen LogP) is 1.15. The largest absolute Gasteiger partial charge is 0.391 e. The van der Waals surface area contributed by atoms with Crippen LogP contribution in [0.1, 0.15) is 24.2 Å². The van der Waals surface area contributed by atoms with E-state index in [0.29, 0.717) is 19.0 Å². The fraction of sp³-hybridized carbons (Fsp3) is 0.467. The van der Waals surface area contributed by atoms with E-state index in [1.807, 2.05) is 13.0 Å². The second-order valence-electron chi connectivity index (χ2n) is 5.48. The number of hydrogen-bond acceptors (Lipinski definition) is 7. The van der Waals surface area contributed by atoms with Crippen molar-refractivity contribution in [2.75, 3.05) is 23.3 Å². The van der Waals surface area contributed by atoms with E-state index < -0.39 is 0 Å². The first-order valence-electron chi connectivity index (χ1n) is 7.48. The van der Waals surface area contributed by atoms with Gasteiger partial charge in [0.2, 0.25) is 5.95 Å². The molecule has 2 aromatic rings. The summed E-state index contributed by atoms with van der Waals surface area (Å²) in [4.78, 5) is 19.3. The monoisotopic (exact) mass is 300 g/mol. The number of aromatic nitrogens is 4. The summed E-state index contributed by atoms with van der Waals surface area (Å²) in [5.74, 6) is 1.39. The lowest BCUT2D eigenvalue weighted by atomic mass is 10.1. The van der Waals surface area contributed by atoms with Gasteiger partial charge < -0.3 is 15.3 Å². The van der Waals surface area contributed by atoms with Crippen LogP contribution in [0.3, 0.4) is 0 Å². The summed E-state index contributed by atoms with van der Waals surface area (Å²) in [5, 5.41) is 12.9. The molecule has 1 atom stereocenters. The number of rotatable bonds is 4. The maximum absolute atomic E-state index is 9.77. The van der Waals surface area contributed by atoms with Crippen LogP contribution in [-0.2, 0) is 6.54 Å². The Labute approximate surface area is 129 Å². The predicted molar refractivity (Wildman–Crippen MR) is 83.6 cm³/mol. The molecule has 1 aliphatic heterocycles. The third kappa shape index (κ3) is 3.67. The zero-order valence-electron chi connectivity index (χ0n) is 12.6. The van der Waals surface area contributed by atoms with Crippen LogP contribution in [0.2, 0.25) is 0 Å². The van der Waals surface area contributed by atoms with E-state index in [1.54, 1.807) is 18.6 Å². The molecule has 1 unspecified atom stereocenters. The molecular formula is C15H20N6O. The van der Waals surface area contributed by atoms with E-state index in [9.17, 15) is 5.11 Å². The molecule has 0 aromatic carbocycles. The van der Waals surface area contributed by atoms with Gasteiger partial charge in [-0.2, -0.15) is 4.98 Å². The first-order valence-corrected chi connectivity index (χ1v) is 7.48. The topological polar surface area (TPSA) is 87.1 Å². The quantitative estimate of drug-likeness (QED) is 0.875. The van der Waals surface area contributed by atoms with Crippen LogP contribution in [0.5, 0.6) is 0 Å². The lowest BCUT2D eigenvalue weighted by molar-refractivity contribution is 0.154. The van der Waals surface area contributed by atoms with Crippen LogP contribution < -0.4 is 10.2 Å². The maximum atomic E-state index is 9.77. The number of hydrogen-bond donors (Lipinski definition) is 2. The average molecular weight is 300 g/mol. The van der Waals surface area contributed by atoms with Crippen LogP contribution in [0.15, 0.2) is 24.7 Å². The zero-order chi connectivity index (χ0) is 15.4. The van der Waals surface area contributed by atoms with Gasteiger partial charge in [0.15, 0.2) is 0 Å². The molecule has 1 aliphatic rings. The highest BCUT2D eigenvalue weighted by atomic mass is 16.3. The number of nitrogens with one attached hydrogen (secondary N) is 1. The van der Waals surface area contributed by atoms with E-state index in [0.717, 1.165) is 36.6 Å². The molecule has 7 heteroatoms. The van der Waals surface area contributed by atoms with Crippen molar-refractivity contribution in [3.8, 4) is 0 Å². The summed E-state index contributed by atoms with van der Waals surface area (Å²) in [6.07, 6.45) is 6.78. The Morgan fingerprint density at radius 2 is 2.23 bits per heavy atom. The molecule has 3 heterocycles. The van der Waals surface area contributed by atoms with Crippen LogP contribution in [0.4, 0.5) is 11.8 Å². The van der Waals surface area contributed by atoms with Crippen molar-refractivity contribution in [1.82, 2.24) is 19.9 Å². The Morgan fingerprint density at radius 1 is 1.32 bits per heavy atom.